The molecule has 0 radical (unpaired) electrons. The molecule has 2 atom stereocenters. The molecule has 2 amide bonds. The third-order valence-corrected chi connectivity index (χ3v) is 5.75. The van der Waals surface area contributed by atoms with Gasteiger partial charge in [0.25, 0.3) is 0 Å². The van der Waals surface area contributed by atoms with E-state index in [2.05, 4.69) is 36.0 Å². The molecule has 7 heteroatoms. The number of aromatic nitrogens is 1. The highest BCUT2D eigenvalue weighted by Gasteiger charge is 2.36. The maximum atomic E-state index is 12.6. The van der Waals surface area contributed by atoms with Crippen molar-refractivity contribution in [2.45, 2.75) is 45.7 Å². The quantitative estimate of drug-likeness (QED) is 0.919. The van der Waals surface area contributed by atoms with Gasteiger partial charge in [-0.2, -0.15) is 0 Å². The first-order chi connectivity index (χ1) is 11.1. The van der Waals surface area contributed by atoms with Gasteiger partial charge in [0.1, 0.15) is 0 Å². The summed E-state index contributed by atoms with van der Waals surface area (Å²) in [7, 11) is 0. The molecule has 2 saturated heterocycles. The maximum Gasteiger partial charge on any atom is 0.323 e. The van der Waals surface area contributed by atoms with Crippen molar-refractivity contribution < 1.29 is 9.53 Å². The molecular weight excluding hydrogens is 312 g/mol. The molecule has 23 heavy (non-hydrogen) atoms. The predicted molar refractivity (Wildman–Crippen MR) is 92.2 cm³/mol. The number of nitrogens with one attached hydrogen (secondary N) is 1. The predicted octanol–water partition coefficient (Wildman–Crippen LogP) is 2.34. The fourth-order valence-corrected chi connectivity index (χ4v) is 4.36. The highest BCUT2D eigenvalue weighted by molar-refractivity contribution is 7.15. The van der Waals surface area contributed by atoms with Gasteiger partial charge in [0.2, 0.25) is 0 Å². The molecule has 1 aromatic rings. The van der Waals surface area contributed by atoms with E-state index in [-0.39, 0.29) is 12.1 Å². The fourth-order valence-electron chi connectivity index (χ4n) is 3.47. The molecule has 2 aliphatic rings. The van der Waals surface area contributed by atoms with Gasteiger partial charge in [-0.05, 0) is 26.7 Å². The van der Waals surface area contributed by atoms with E-state index in [1.165, 1.54) is 4.88 Å². The number of amides is 2. The number of nitrogens with zero attached hydrogens (tertiary/aromatic N) is 3. The van der Waals surface area contributed by atoms with Gasteiger partial charge < -0.3 is 9.64 Å². The van der Waals surface area contributed by atoms with Gasteiger partial charge in [-0.25, -0.2) is 9.78 Å². The highest BCUT2D eigenvalue weighted by Crippen LogP contribution is 2.26. The van der Waals surface area contributed by atoms with Crippen LogP contribution in [0.1, 0.15) is 30.8 Å². The van der Waals surface area contributed by atoms with Gasteiger partial charge in [-0.1, -0.05) is 6.92 Å². The number of thiazole rings is 1. The Balaban J connectivity index is 1.60. The van der Waals surface area contributed by atoms with Crippen LogP contribution < -0.4 is 5.32 Å². The van der Waals surface area contributed by atoms with Crippen LogP contribution >= 0.6 is 11.3 Å². The first-order valence-electron chi connectivity index (χ1n) is 8.44. The van der Waals surface area contributed by atoms with Crippen LogP contribution in [0.2, 0.25) is 0 Å². The number of urea groups is 1. The van der Waals surface area contributed by atoms with Gasteiger partial charge in [-0.3, -0.25) is 10.2 Å². The van der Waals surface area contributed by atoms with Crippen molar-refractivity contribution in [1.29, 1.82) is 0 Å². The van der Waals surface area contributed by atoms with Crippen molar-refractivity contribution in [3.05, 3.63) is 10.6 Å². The number of ether oxygens (including phenoxy) is 1. The Morgan fingerprint density at radius 2 is 2.17 bits per heavy atom. The van der Waals surface area contributed by atoms with Crippen molar-refractivity contribution in [1.82, 2.24) is 14.8 Å². The summed E-state index contributed by atoms with van der Waals surface area (Å²) in [6.07, 6.45) is 1.93. The third-order valence-electron chi connectivity index (χ3n) is 4.82. The van der Waals surface area contributed by atoms with Gasteiger partial charge >= 0.3 is 6.03 Å². The number of aryl methyl sites for hydroxylation is 2. The molecule has 2 fully saturated rings. The van der Waals surface area contributed by atoms with Crippen LogP contribution in [0.3, 0.4) is 0 Å². The van der Waals surface area contributed by atoms with E-state index in [1.807, 2.05) is 4.90 Å². The fraction of sp³-hybridized carbons (Fsp3) is 0.750. The standard InChI is InChI=1S/C16H26N4O2S/c1-4-14-12(3)23-15(17-14)18-16(21)20-10-13(9-11(20)2)19-5-7-22-8-6-19/h11,13H,4-10H2,1-3H3,(H,17,18,21)/t11-,13-/m1/s1. The normalized spacial score (nSPS) is 25.8. The zero-order valence-electron chi connectivity index (χ0n) is 14.2. The lowest BCUT2D eigenvalue weighted by molar-refractivity contribution is 0.0191. The first-order valence-corrected chi connectivity index (χ1v) is 9.25. The zero-order valence-corrected chi connectivity index (χ0v) is 15.0. The van der Waals surface area contributed by atoms with E-state index < -0.39 is 0 Å². The van der Waals surface area contributed by atoms with Gasteiger partial charge in [0.15, 0.2) is 5.13 Å². The van der Waals surface area contributed by atoms with Crippen molar-refractivity contribution >= 4 is 22.5 Å². The lowest BCUT2D eigenvalue weighted by atomic mass is 10.1. The van der Waals surface area contributed by atoms with Crippen molar-refractivity contribution in [2.75, 3.05) is 38.2 Å². The molecule has 1 aromatic heterocycles. The van der Waals surface area contributed by atoms with Crippen LogP contribution in [-0.4, -0.2) is 65.7 Å². The smallest absolute Gasteiger partial charge is 0.323 e. The van der Waals surface area contributed by atoms with Gasteiger partial charge in [0, 0.05) is 36.6 Å². The highest BCUT2D eigenvalue weighted by atomic mass is 32.1. The Kier molecular flexibility index (Phi) is 5.18. The lowest BCUT2D eigenvalue weighted by Gasteiger charge is -2.31. The molecule has 3 rings (SSSR count). The van der Waals surface area contributed by atoms with E-state index in [9.17, 15) is 4.79 Å². The Bertz CT molecular complexity index is 556. The summed E-state index contributed by atoms with van der Waals surface area (Å²) >= 11 is 1.56. The van der Waals surface area contributed by atoms with E-state index in [4.69, 9.17) is 4.74 Å². The van der Waals surface area contributed by atoms with Crippen LogP contribution in [0, 0.1) is 6.92 Å². The van der Waals surface area contributed by atoms with Crippen LogP contribution in [0.15, 0.2) is 0 Å². The number of carbonyl (C=O) groups is 1. The number of hydrogen-bond acceptors (Lipinski definition) is 5. The summed E-state index contributed by atoms with van der Waals surface area (Å²) < 4.78 is 5.42. The van der Waals surface area contributed by atoms with Crippen LogP contribution in [0.4, 0.5) is 9.93 Å². The molecular formula is C16H26N4O2S. The van der Waals surface area contributed by atoms with Gasteiger partial charge in [-0.15, -0.1) is 11.3 Å². The summed E-state index contributed by atoms with van der Waals surface area (Å²) in [4.78, 5) is 22.7. The van der Waals surface area contributed by atoms with Gasteiger partial charge in [0.05, 0.1) is 18.9 Å². The molecule has 2 aliphatic heterocycles. The van der Waals surface area contributed by atoms with Crippen LogP contribution in [-0.2, 0) is 11.2 Å². The SMILES string of the molecule is CCc1nc(NC(=O)N2C[C@H](N3CCOCC3)C[C@H]2C)sc1C. The molecule has 1 N–H and O–H groups in total. The molecule has 0 spiro atoms. The third kappa shape index (κ3) is 3.67. The number of likely N-dealkylation sites (tertiary alicyclic amines) is 1. The second-order valence-electron chi connectivity index (χ2n) is 6.34. The number of hydrogen-bond donors (Lipinski definition) is 1. The van der Waals surface area contributed by atoms with E-state index in [0.717, 1.165) is 51.4 Å². The van der Waals surface area contributed by atoms with E-state index in [1.54, 1.807) is 11.3 Å². The van der Waals surface area contributed by atoms with E-state index in [0.29, 0.717) is 11.2 Å². The summed E-state index contributed by atoms with van der Waals surface area (Å²) in [5.41, 5.74) is 1.07. The lowest BCUT2D eigenvalue weighted by Crippen LogP contribution is -2.45. The summed E-state index contributed by atoms with van der Waals surface area (Å²) in [5, 5.41) is 3.70. The molecule has 0 bridgehead atoms. The van der Waals surface area contributed by atoms with Crippen molar-refractivity contribution in [3.8, 4) is 0 Å². The molecule has 0 unspecified atom stereocenters. The monoisotopic (exact) mass is 338 g/mol. The molecule has 0 aromatic carbocycles. The topological polar surface area (TPSA) is 57.7 Å². The Morgan fingerprint density at radius 3 is 2.83 bits per heavy atom. The zero-order chi connectivity index (χ0) is 16.4. The largest absolute Gasteiger partial charge is 0.379 e. The molecule has 6 nitrogen and oxygen atoms in total. The number of carbonyl (C=O) groups excluding carboxylic acids is 1. The number of rotatable bonds is 3. The van der Waals surface area contributed by atoms with E-state index >= 15 is 0 Å². The van der Waals surface area contributed by atoms with Crippen LogP contribution in [0.25, 0.3) is 0 Å². The minimum atomic E-state index is -0.0235. The minimum absolute atomic E-state index is 0.0235. The van der Waals surface area contributed by atoms with Crippen molar-refractivity contribution in [3.63, 3.8) is 0 Å². The second kappa shape index (κ2) is 7.15. The first kappa shape index (κ1) is 16.7. The molecule has 3 heterocycles. The molecule has 0 saturated carbocycles. The Labute approximate surface area is 141 Å². The summed E-state index contributed by atoms with van der Waals surface area (Å²) in [6.45, 7) is 10.6. The number of anilines is 1. The summed E-state index contributed by atoms with van der Waals surface area (Å²) in [5.74, 6) is 0. The Hall–Kier alpha value is -1.18. The molecule has 128 valence electrons. The van der Waals surface area contributed by atoms with Crippen LogP contribution in [0.5, 0.6) is 0 Å². The number of morpholine rings is 1. The molecule has 0 aliphatic carbocycles. The average Bonchev–Trinajstić information content (AvgIpc) is 3.11. The Morgan fingerprint density at radius 1 is 1.43 bits per heavy atom. The maximum absolute atomic E-state index is 12.6. The minimum Gasteiger partial charge on any atom is -0.379 e. The van der Waals surface area contributed by atoms with Crippen molar-refractivity contribution in [2.24, 2.45) is 0 Å². The average molecular weight is 338 g/mol. The summed E-state index contributed by atoms with van der Waals surface area (Å²) in [6, 6.07) is 0.683. The second-order valence-corrected chi connectivity index (χ2v) is 7.55.